The molecule has 156 valence electrons. The van der Waals surface area contributed by atoms with Crippen molar-refractivity contribution in [1.82, 2.24) is 0 Å². The van der Waals surface area contributed by atoms with Crippen molar-refractivity contribution in [1.29, 1.82) is 0 Å². The molecule has 3 heteroatoms. The van der Waals surface area contributed by atoms with Gasteiger partial charge < -0.3 is 9.84 Å². The van der Waals surface area contributed by atoms with Gasteiger partial charge in [-0.1, -0.05) is 69.8 Å². The van der Waals surface area contributed by atoms with Gasteiger partial charge in [0.25, 0.3) is 0 Å². The topological polar surface area (TPSA) is 46.5 Å². The third kappa shape index (κ3) is 13.2. The van der Waals surface area contributed by atoms with Crippen LogP contribution in [-0.2, 0) is 0 Å². The van der Waals surface area contributed by atoms with Gasteiger partial charge in [-0.2, -0.15) is 0 Å². The van der Waals surface area contributed by atoms with Gasteiger partial charge in [-0.15, -0.1) is 0 Å². The minimum Gasteiger partial charge on any atom is -0.494 e. The Morgan fingerprint density at radius 3 is 2.00 bits per heavy atom. The number of carboxylic acids is 1. The molecular formula is C25H38O3. The number of unbranched alkanes of at least 4 members (excludes halogenated alkanes) is 9. The van der Waals surface area contributed by atoms with Crippen LogP contribution in [0.3, 0.4) is 0 Å². The molecule has 0 saturated carbocycles. The lowest BCUT2D eigenvalue weighted by Gasteiger charge is -2.06. The number of carboxylic acid groups (broad SMARTS) is 1. The standard InChI is InChI=1S/C25H38O3/c1-2-3-4-5-6-7-8-9-10-11-12-13-14-15-16-17-22-28-24-20-18-23(19-21-24)25(26)27/h6-7,9-10,18-21H,2-5,8,11-17,22H2,1H3,(H,26,27). The molecule has 0 spiro atoms. The average molecular weight is 387 g/mol. The summed E-state index contributed by atoms with van der Waals surface area (Å²) in [6.45, 7) is 2.94. The number of carbonyl (C=O) groups is 1. The van der Waals surface area contributed by atoms with Gasteiger partial charge in [0.2, 0.25) is 0 Å². The smallest absolute Gasteiger partial charge is 0.335 e. The number of ether oxygens (including phenoxy) is 1. The largest absolute Gasteiger partial charge is 0.494 e. The monoisotopic (exact) mass is 386 g/mol. The summed E-state index contributed by atoms with van der Waals surface area (Å²) in [5.41, 5.74) is 0.293. The maximum Gasteiger partial charge on any atom is 0.335 e. The fraction of sp³-hybridized carbons (Fsp3) is 0.560. The molecule has 1 rings (SSSR count). The summed E-state index contributed by atoms with van der Waals surface area (Å²) < 4.78 is 5.65. The van der Waals surface area contributed by atoms with Gasteiger partial charge in [-0.05, 0) is 62.8 Å². The molecule has 0 amide bonds. The van der Waals surface area contributed by atoms with E-state index in [2.05, 4.69) is 31.2 Å². The highest BCUT2D eigenvalue weighted by atomic mass is 16.5. The second-order valence-electron chi connectivity index (χ2n) is 7.26. The molecule has 1 aromatic carbocycles. The molecule has 0 bridgehead atoms. The number of allylic oxidation sites excluding steroid dienone is 4. The molecule has 1 aromatic rings. The summed E-state index contributed by atoms with van der Waals surface area (Å²) in [6.07, 6.45) is 24.0. The van der Waals surface area contributed by atoms with Crippen molar-refractivity contribution < 1.29 is 14.6 Å². The van der Waals surface area contributed by atoms with Gasteiger partial charge in [0.05, 0.1) is 12.2 Å². The van der Waals surface area contributed by atoms with E-state index in [1.807, 2.05) is 0 Å². The van der Waals surface area contributed by atoms with E-state index in [1.54, 1.807) is 24.3 Å². The molecule has 28 heavy (non-hydrogen) atoms. The van der Waals surface area contributed by atoms with Crippen LogP contribution in [0.5, 0.6) is 5.75 Å². The number of hydrogen-bond acceptors (Lipinski definition) is 2. The molecule has 0 radical (unpaired) electrons. The van der Waals surface area contributed by atoms with E-state index in [1.165, 1.54) is 64.2 Å². The van der Waals surface area contributed by atoms with Gasteiger partial charge >= 0.3 is 5.97 Å². The second-order valence-corrected chi connectivity index (χ2v) is 7.26. The first kappa shape index (κ1) is 24.0. The van der Waals surface area contributed by atoms with Crippen LogP contribution < -0.4 is 4.74 Å². The first-order valence-corrected chi connectivity index (χ1v) is 11.0. The zero-order chi connectivity index (χ0) is 20.3. The molecule has 0 aliphatic rings. The Morgan fingerprint density at radius 1 is 0.821 bits per heavy atom. The molecule has 0 fully saturated rings. The average Bonchev–Trinajstić information content (AvgIpc) is 2.70. The Labute approximate surface area is 171 Å². The van der Waals surface area contributed by atoms with Gasteiger partial charge in [0.15, 0.2) is 0 Å². The van der Waals surface area contributed by atoms with E-state index in [9.17, 15) is 4.79 Å². The first-order valence-electron chi connectivity index (χ1n) is 11.0. The molecule has 0 saturated heterocycles. The molecule has 0 aliphatic carbocycles. The van der Waals surface area contributed by atoms with Crippen LogP contribution in [0.25, 0.3) is 0 Å². The minimum absolute atomic E-state index is 0.293. The molecule has 0 aromatic heterocycles. The van der Waals surface area contributed by atoms with Crippen molar-refractivity contribution in [3.8, 4) is 5.75 Å². The highest BCUT2D eigenvalue weighted by Gasteiger charge is 2.01. The normalized spacial score (nSPS) is 11.5. The predicted octanol–water partition coefficient (Wildman–Crippen LogP) is 7.58. The van der Waals surface area contributed by atoms with Crippen LogP contribution in [0.2, 0.25) is 0 Å². The number of aromatic carboxylic acids is 1. The van der Waals surface area contributed by atoms with Gasteiger partial charge in [-0.25, -0.2) is 4.79 Å². The molecule has 0 atom stereocenters. The van der Waals surface area contributed by atoms with Gasteiger partial charge in [0.1, 0.15) is 5.75 Å². The van der Waals surface area contributed by atoms with Crippen LogP contribution in [0, 0.1) is 0 Å². The maximum atomic E-state index is 10.8. The third-order valence-corrected chi connectivity index (χ3v) is 4.71. The predicted molar refractivity (Wildman–Crippen MR) is 118 cm³/mol. The quantitative estimate of drug-likeness (QED) is 0.222. The highest BCUT2D eigenvalue weighted by molar-refractivity contribution is 5.87. The zero-order valence-electron chi connectivity index (χ0n) is 17.6. The van der Waals surface area contributed by atoms with E-state index in [0.717, 1.165) is 18.6 Å². The van der Waals surface area contributed by atoms with Crippen molar-refractivity contribution in [2.24, 2.45) is 0 Å². The Hall–Kier alpha value is -2.03. The van der Waals surface area contributed by atoms with Crippen molar-refractivity contribution in [3.63, 3.8) is 0 Å². The Kier molecular flexibility index (Phi) is 14.7. The number of rotatable bonds is 17. The van der Waals surface area contributed by atoms with Crippen LogP contribution in [0.1, 0.15) is 94.3 Å². The number of hydrogen-bond donors (Lipinski definition) is 1. The van der Waals surface area contributed by atoms with E-state index in [-0.39, 0.29) is 0 Å². The van der Waals surface area contributed by atoms with E-state index < -0.39 is 5.97 Å². The summed E-state index contributed by atoms with van der Waals surface area (Å²) in [5.74, 6) is -0.163. The zero-order valence-corrected chi connectivity index (χ0v) is 17.6. The van der Waals surface area contributed by atoms with Crippen molar-refractivity contribution in [2.75, 3.05) is 6.61 Å². The lowest BCUT2D eigenvalue weighted by Crippen LogP contribution is -1.99. The summed E-state index contributed by atoms with van der Waals surface area (Å²) in [6, 6.07) is 6.60. The van der Waals surface area contributed by atoms with Crippen LogP contribution in [0.4, 0.5) is 0 Å². The number of benzene rings is 1. The molecular weight excluding hydrogens is 348 g/mol. The highest BCUT2D eigenvalue weighted by Crippen LogP contribution is 2.13. The lowest BCUT2D eigenvalue weighted by molar-refractivity contribution is 0.0697. The minimum atomic E-state index is -0.906. The Morgan fingerprint density at radius 2 is 1.39 bits per heavy atom. The van der Waals surface area contributed by atoms with Crippen LogP contribution >= 0.6 is 0 Å². The second kappa shape index (κ2) is 17.1. The van der Waals surface area contributed by atoms with E-state index >= 15 is 0 Å². The fourth-order valence-corrected chi connectivity index (χ4v) is 2.97. The molecule has 1 N–H and O–H groups in total. The summed E-state index contributed by atoms with van der Waals surface area (Å²) in [5, 5.41) is 8.86. The van der Waals surface area contributed by atoms with Crippen molar-refractivity contribution in [3.05, 3.63) is 54.1 Å². The maximum absolute atomic E-state index is 10.8. The third-order valence-electron chi connectivity index (χ3n) is 4.71. The molecule has 0 aliphatic heterocycles. The molecule has 0 unspecified atom stereocenters. The van der Waals surface area contributed by atoms with Gasteiger partial charge in [0, 0.05) is 0 Å². The van der Waals surface area contributed by atoms with Crippen LogP contribution in [-0.4, -0.2) is 17.7 Å². The molecule has 0 heterocycles. The molecule has 3 nitrogen and oxygen atoms in total. The summed E-state index contributed by atoms with van der Waals surface area (Å²) in [7, 11) is 0. The summed E-state index contributed by atoms with van der Waals surface area (Å²) >= 11 is 0. The SMILES string of the molecule is CCCCCC=CCC=CCCCCCCCCOc1ccc(C(=O)O)cc1. The summed E-state index contributed by atoms with van der Waals surface area (Å²) in [4.78, 5) is 10.8. The lowest BCUT2D eigenvalue weighted by atomic mass is 10.1. The van der Waals surface area contributed by atoms with E-state index in [4.69, 9.17) is 9.84 Å². The van der Waals surface area contributed by atoms with E-state index in [0.29, 0.717) is 12.2 Å². The first-order chi connectivity index (χ1) is 13.7. The fourth-order valence-electron chi connectivity index (χ4n) is 2.97. The van der Waals surface area contributed by atoms with Crippen molar-refractivity contribution in [2.45, 2.75) is 84.0 Å². The van der Waals surface area contributed by atoms with Crippen LogP contribution in [0.15, 0.2) is 48.6 Å². The van der Waals surface area contributed by atoms with Crippen molar-refractivity contribution >= 4 is 5.97 Å². The Balaban J connectivity index is 1.87. The van der Waals surface area contributed by atoms with Gasteiger partial charge in [-0.3, -0.25) is 0 Å². The Bertz CT molecular complexity index is 558.